The van der Waals surface area contributed by atoms with Crippen LogP contribution in [0, 0.1) is 5.82 Å². The molecule has 0 atom stereocenters. The number of nitrogens with zero attached hydrogens (tertiary/aromatic N) is 1. The van der Waals surface area contributed by atoms with E-state index in [0.29, 0.717) is 12.1 Å². The number of carbonyl (C=O) groups excluding carboxylic acids is 1. The quantitative estimate of drug-likeness (QED) is 0.923. The molecule has 1 aliphatic carbocycles. The SMILES string of the molecule is CCCN(C(=O)c1ccc(Cl)c(F)c1)C1CCC(N)CC1. The third kappa shape index (κ3) is 3.95. The van der Waals surface area contributed by atoms with E-state index in [1.807, 2.05) is 11.8 Å². The van der Waals surface area contributed by atoms with E-state index >= 15 is 0 Å². The maximum atomic E-state index is 13.6. The van der Waals surface area contributed by atoms with Gasteiger partial charge >= 0.3 is 0 Å². The lowest BCUT2D eigenvalue weighted by Crippen LogP contribution is -2.44. The highest BCUT2D eigenvalue weighted by atomic mass is 35.5. The van der Waals surface area contributed by atoms with Crippen LogP contribution in [0.5, 0.6) is 0 Å². The highest BCUT2D eigenvalue weighted by Gasteiger charge is 2.28. The standard InChI is InChI=1S/C16H22ClFN2O/c1-2-9-20(13-6-4-12(19)5-7-13)16(21)11-3-8-14(17)15(18)10-11/h3,8,10,12-13H,2,4-7,9,19H2,1H3. The molecule has 5 heteroatoms. The van der Waals surface area contributed by atoms with Gasteiger partial charge in [-0.2, -0.15) is 0 Å². The van der Waals surface area contributed by atoms with Crippen LogP contribution in [0.2, 0.25) is 5.02 Å². The second-order valence-corrected chi connectivity index (χ2v) is 6.10. The van der Waals surface area contributed by atoms with Gasteiger partial charge in [0, 0.05) is 24.2 Å². The van der Waals surface area contributed by atoms with Crippen molar-refractivity contribution in [3.05, 3.63) is 34.6 Å². The van der Waals surface area contributed by atoms with Gasteiger partial charge in [-0.15, -0.1) is 0 Å². The minimum atomic E-state index is -0.551. The Morgan fingerprint density at radius 2 is 2.05 bits per heavy atom. The molecule has 0 heterocycles. The van der Waals surface area contributed by atoms with Crippen molar-refractivity contribution in [2.75, 3.05) is 6.54 Å². The van der Waals surface area contributed by atoms with Crippen molar-refractivity contribution in [2.24, 2.45) is 5.73 Å². The summed E-state index contributed by atoms with van der Waals surface area (Å²) in [7, 11) is 0. The first-order chi connectivity index (χ1) is 10.0. The minimum absolute atomic E-state index is 0.0391. The molecule has 0 radical (unpaired) electrons. The molecular formula is C16H22ClFN2O. The summed E-state index contributed by atoms with van der Waals surface area (Å²) < 4.78 is 13.6. The lowest BCUT2D eigenvalue weighted by molar-refractivity contribution is 0.0626. The molecule has 1 aromatic rings. The van der Waals surface area contributed by atoms with Crippen molar-refractivity contribution in [1.29, 1.82) is 0 Å². The van der Waals surface area contributed by atoms with E-state index in [-0.39, 0.29) is 23.0 Å². The summed E-state index contributed by atoms with van der Waals surface area (Å²) in [5.74, 6) is -0.669. The predicted molar refractivity (Wildman–Crippen MR) is 83.0 cm³/mol. The summed E-state index contributed by atoms with van der Waals surface area (Å²) in [5.41, 5.74) is 6.29. The van der Waals surface area contributed by atoms with Gasteiger partial charge in [0.25, 0.3) is 5.91 Å². The largest absolute Gasteiger partial charge is 0.336 e. The van der Waals surface area contributed by atoms with Gasteiger partial charge in [0.15, 0.2) is 0 Å². The normalized spacial score (nSPS) is 22.1. The maximum Gasteiger partial charge on any atom is 0.254 e. The van der Waals surface area contributed by atoms with Gasteiger partial charge in [0.1, 0.15) is 5.82 Å². The molecule has 1 aromatic carbocycles. The average Bonchev–Trinajstić information content (AvgIpc) is 2.48. The fraction of sp³-hybridized carbons (Fsp3) is 0.562. The Labute approximate surface area is 130 Å². The first kappa shape index (κ1) is 16.2. The number of benzene rings is 1. The van der Waals surface area contributed by atoms with E-state index in [2.05, 4.69) is 0 Å². The summed E-state index contributed by atoms with van der Waals surface area (Å²) >= 11 is 5.68. The topological polar surface area (TPSA) is 46.3 Å². The van der Waals surface area contributed by atoms with Gasteiger partial charge < -0.3 is 10.6 Å². The van der Waals surface area contributed by atoms with E-state index in [9.17, 15) is 9.18 Å². The van der Waals surface area contributed by atoms with Gasteiger partial charge in [-0.05, 0) is 50.3 Å². The molecule has 0 saturated heterocycles. The second kappa shape index (κ2) is 7.23. The molecule has 116 valence electrons. The van der Waals surface area contributed by atoms with E-state index < -0.39 is 5.82 Å². The van der Waals surface area contributed by atoms with Crippen molar-refractivity contribution in [1.82, 2.24) is 4.90 Å². The second-order valence-electron chi connectivity index (χ2n) is 5.70. The van der Waals surface area contributed by atoms with Crippen LogP contribution < -0.4 is 5.73 Å². The fourth-order valence-electron chi connectivity index (χ4n) is 2.90. The van der Waals surface area contributed by atoms with E-state index in [0.717, 1.165) is 32.1 Å². The Kier molecular flexibility index (Phi) is 5.59. The molecule has 0 spiro atoms. The molecule has 2 rings (SSSR count). The van der Waals surface area contributed by atoms with Gasteiger partial charge in [-0.1, -0.05) is 18.5 Å². The molecule has 0 bridgehead atoms. The van der Waals surface area contributed by atoms with Gasteiger partial charge in [0.05, 0.1) is 5.02 Å². The van der Waals surface area contributed by atoms with Crippen LogP contribution in [-0.4, -0.2) is 29.4 Å². The summed E-state index contributed by atoms with van der Waals surface area (Å²) in [6, 6.07) is 4.70. The molecule has 21 heavy (non-hydrogen) atoms. The molecule has 0 aromatic heterocycles. The van der Waals surface area contributed by atoms with Crippen LogP contribution in [0.3, 0.4) is 0 Å². The number of carbonyl (C=O) groups is 1. The fourth-order valence-corrected chi connectivity index (χ4v) is 3.02. The molecule has 3 nitrogen and oxygen atoms in total. The molecular weight excluding hydrogens is 291 g/mol. The maximum absolute atomic E-state index is 13.6. The minimum Gasteiger partial charge on any atom is -0.336 e. The molecule has 2 N–H and O–H groups in total. The monoisotopic (exact) mass is 312 g/mol. The lowest BCUT2D eigenvalue weighted by atomic mass is 9.90. The zero-order chi connectivity index (χ0) is 15.4. The summed E-state index contributed by atoms with van der Waals surface area (Å²) in [6.07, 6.45) is 4.59. The van der Waals surface area contributed by atoms with Gasteiger partial charge in [-0.25, -0.2) is 4.39 Å². The molecule has 1 amide bonds. The van der Waals surface area contributed by atoms with Crippen molar-refractivity contribution in [3.8, 4) is 0 Å². The Balaban J connectivity index is 2.16. The average molecular weight is 313 g/mol. The number of amides is 1. The van der Waals surface area contributed by atoms with Crippen molar-refractivity contribution in [2.45, 2.75) is 51.1 Å². The van der Waals surface area contributed by atoms with Gasteiger partial charge in [-0.3, -0.25) is 4.79 Å². The first-order valence-corrected chi connectivity index (χ1v) is 7.92. The van der Waals surface area contributed by atoms with E-state index in [1.54, 1.807) is 6.07 Å². The van der Waals surface area contributed by atoms with Crippen LogP contribution >= 0.6 is 11.6 Å². The lowest BCUT2D eigenvalue weighted by Gasteiger charge is -2.36. The van der Waals surface area contributed by atoms with Crippen LogP contribution in [0.15, 0.2) is 18.2 Å². The first-order valence-electron chi connectivity index (χ1n) is 7.54. The molecule has 0 unspecified atom stereocenters. The number of rotatable bonds is 4. The Bertz CT molecular complexity index is 501. The summed E-state index contributed by atoms with van der Waals surface area (Å²) in [5, 5.41) is 0.0391. The number of halogens is 2. The van der Waals surface area contributed by atoms with Crippen LogP contribution in [0.1, 0.15) is 49.4 Å². The third-order valence-corrected chi connectivity index (χ3v) is 4.38. The van der Waals surface area contributed by atoms with Gasteiger partial charge in [0.2, 0.25) is 0 Å². The van der Waals surface area contributed by atoms with Crippen LogP contribution in [0.25, 0.3) is 0 Å². The van der Waals surface area contributed by atoms with Crippen LogP contribution in [0.4, 0.5) is 4.39 Å². The number of nitrogens with two attached hydrogens (primary N) is 1. The molecule has 0 aliphatic heterocycles. The smallest absolute Gasteiger partial charge is 0.254 e. The summed E-state index contributed by atoms with van der Waals surface area (Å²) in [6.45, 7) is 2.72. The highest BCUT2D eigenvalue weighted by molar-refractivity contribution is 6.30. The number of hydrogen-bond donors (Lipinski definition) is 1. The van der Waals surface area contributed by atoms with Crippen LogP contribution in [-0.2, 0) is 0 Å². The van der Waals surface area contributed by atoms with Crippen molar-refractivity contribution < 1.29 is 9.18 Å². The highest BCUT2D eigenvalue weighted by Crippen LogP contribution is 2.25. The van der Waals surface area contributed by atoms with E-state index in [4.69, 9.17) is 17.3 Å². The zero-order valence-corrected chi connectivity index (χ0v) is 13.1. The predicted octanol–water partition coefficient (Wildman–Crippen LogP) is 3.60. The Morgan fingerprint density at radius 1 is 1.38 bits per heavy atom. The van der Waals surface area contributed by atoms with Crippen molar-refractivity contribution in [3.63, 3.8) is 0 Å². The third-order valence-electron chi connectivity index (χ3n) is 4.07. The zero-order valence-electron chi connectivity index (χ0n) is 12.3. The molecule has 1 fully saturated rings. The Hall–Kier alpha value is -1.13. The number of hydrogen-bond acceptors (Lipinski definition) is 2. The Morgan fingerprint density at radius 3 is 2.62 bits per heavy atom. The molecule has 1 aliphatic rings. The van der Waals surface area contributed by atoms with E-state index in [1.165, 1.54) is 12.1 Å². The molecule has 1 saturated carbocycles. The van der Waals surface area contributed by atoms with Crippen molar-refractivity contribution >= 4 is 17.5 Å². The summed E-state index contributed by atoms with van der Waals surface area (Å²) in [4.78, 5) is 14.5.